The molecule has 1 N–H and O–H groups in total. The lowest BCUT2D eigenvalue weighted by Crippen LogP contribution is -2.30. The van der Waals surface area contributed by atoms with Crippen LogP contribution in [0.4, 0.5) is 30.2 Å². The molecule has 2 aromatic rings. The van der Waals surface area contributed by atoms with Gasteiger partial charge in [0, 0.05) is 26.3 Å². The van der Waals surface area contributed by atoms with E-state index in [4.69, 9.17) is 0 Å². The van der Waals surface area contributed by atoms with Gasteiger partial charge in [-0.05, 0) is 37.5 Å². The Morgan fingerprint density at radius 2 is 1.87 bits per heavy atom. The Hall–Kier alpha value is -2.18. The van der Waals surface area contributed by atoms with Crippen LogP contribution in [-0.4, -0.2) is 22.9 Å². The zero-order chi connectivity index (χ0) is 16.4. The Morgan fingerprint density at radius 1 is 1.13 bits per heavy atom. The quantitative estimate of drug-likeness (QED) is 0.920. The average molecular weight is 324 g/mol. The molecule has 0 saturated carbocycles. The first kappa shape index (κ1) is 15.7. The van der Waals surface area contributed by atoms with E-state index in [1.165, 1.54) is 12.5 Å². The maximum absolute atomic E-state index is 13.0. The molecule has 0 atom stereocenters. The Kier molecular flexibility index (Phi) is 4.19. The fraction of sp³-hybridized carbons (Fsp3) is 0.438. The van der Waals surface area contributed by atoms with Crippen molar-refractivity contribution in [3.63, 3.8) is 0 Å². The molecule has 1 aliphatic heterocycles. The van der Waals surface area contributed by atoms with Gasteiger partial charge in [-0.2, -0.15) is 18.3 Å². The molecule has 7 heteroatoms. The van der Waals surface area contributed by atoms with E-state index in [1.54, 1.807) is 30.2 Å². The van der Waals surface area contributed by atoms with E-state index >= 15 is 0 Å². The summed E-state index contributed by atoms with van der Waals surface area (Å²) in [5.74, 6) is 0. The number of aryl methyl sites for hydroxylation is 1. The van der Waals surface area contributed by atoms with Crippen LogP contribution in [0, 0.1) is 0 Å². The maximum atomic E-state index is 13.0. The van der Waals surface area contributed by atoms with Crippen molar-refractivity contribution in [1.29, 1.82) is 0 Å². The summed E-state index contributed by atoms with van der Waals surface area (Å²) < 4.78 is 40.7. The smallest absolute Gasteiger partial charge is 0.370 e. The first-order valence-electron chi connectivity index (χ1n) is 7.65. The third-order valence-corrected chi connectivity index (χ3v) is 4.00. The fourth-order valence-electron chi connectivity index (χ4n) is 2.86. The first-order valence-corrected chi connectivity index (χ1v) is 7.65. The Morgan fingerprint density at radius 3 is 2.48 bits per heavy atom. The number of piperidine rings is 1. The summed E-state index contributed by atoms with van der Waals surface area (Å²) in [4.78, 5) is 2.14. The number of anilines is 3. The van der Waals surface area contributed by atoms with E-state index in [1.807, 2.05) is 0 Å². The number of hydrogen-bond donors (Lipinski definition) is 1. The minimum atomic E-state index is -4.36. The van der Waals surface area contributed by atoms with Gasteiger partial charge >= 0.3 is 6.18 Å². The van der Waals surface area contributed by atoms with E-state index in [-0.39, 0.29) is 0 Å². The first-order chi connectivity index (χ1) is 10.9. The van der Waals surface area contributed by atoms with Gasteiger partial charge in [0.15, 0.2) is 0 Å². The normalized spacial score (nSPS) is 15.7. The molecule has 0 spiro atoms. The van der Waals surface area contributed by atoms with Crippen molar-refractivity contribution in [1.82, 2.24) is 9.78 Å². The van der Waals surface area contributed by atoms with Crippen LogP contribution in [-0.2, 0) is 13.2 Å². The average Bonchev–Trinajstić information content (AvgIpc) is 2.92. The van der Waals surface area contributed by atoms with E-state index in [0.29, 0.717) is 11.4 Å². The second-order valence-electron chi connectivity index (χ2n) is 5.81. The number of benzene rings is 1. The Labute approximate surface area is 132 Å². The lowest BCUT2D eigenvalue weighted by molar-refractivity contribution is -0.137. The molecule has 3 rings (SSSR count). The van der Waals surface area contributed by atoms with Gasteiger partial charge in [0.1, 0.15) is 0 Å². The van der Waals surface area contributed by atoms with Gasteiger partial charge in [0.2, 0.25) is 0 Å². The molecule has 0 bridgehead atoms. The van der Waals surface area contributed by atoms with Crippen LogP contribution in [0.2, 0.25) is 0 Å². The second-order valence-corrected chi connectivity index (χ2v) is 5.81. The van der Waals surface area contributed by atoms with Gasteiger partial charge in [0.25, 0.3) is 0 Å². The molecule has 2 heterocycles. The Balaban J connectivity index is 1.96. The zero-order valence-corrected chi connectivity index (χ0v) is 12.9. The third-order valence-electron chi connectivity index (χ3n) is 4.00. The minimum Gasteiger partial charge on any atom is -0.370 e. The standard InChI is InChI=1S/C16H19F3N4/c1-22-11-13(10-20-22)21-14-9-12(16(17,18)19)5-6-15(14)23-7-3-2-4-8-23/h5-6,9-11,21H,2-4,7-8H2,1H3. The van der Waals surface area contributed by atoms with Gasteiger partial charge in [-0.15, -0.1) is 0 Å². The lowest BCUT2D eigenvalue weighted by atomic mass is 10.1. The van der Waals surface area contributed by atoms with Crippen molar-refractivity contribution in [2.24, 2.45) is 7.05 Å². The largest absolute Gasteiger partial charge is 0.416 e. The van der Waals surface area contributed by atoms with Crippen LogP contribution < -0.4 is 10.2 Å². The van der Waals surface area contributed by atoms with Crippen molar-refractivity contribution < 1.29 is 13.2 Å². The fourth-order valence-corrected chi connectivity index (χ4v) is 2.86. The van der Waals surface area contributed by atoms with E-state index in [0.717, 1.165) is 37.7 Å². The van der Waals surface area contributed by atoms with Crippen LogP contribution in [0.1, 0.15) is 24.8 Å². The maximum Gasteiger partial charge on any atom is 0.416 e. The number of nitrogens with zero attached hydrogens (tertiary/aromatic N) is 3. The highest BCUT2D eigenvalue weighted by Gasteiger charge is 2.31. The topological polar surface area (TPSA) is 33.1 Å². The monoisotopic (exact) mass is 324 g/mol. The van der Waals surface area contributed by atoms with Crippen molar-refractivity contribution in [2.75, 3.05) is 23.3 Å². The summed E-state index contributed by atoms with van der Waals surface area (Å²) in [7, 11) is 1.77. The molecule has 1 fully saturated rings. The summed E-state index contributed by atoms with van der Waals surface area (Å²) in [5.41, 5.74) is 1.30. The molecule has 1 aliphatic rings. The van der Waals surface area contributed by atoms with E-state index in [9.17, 15) is 13.2 Å². The number of halogens is 3. The summed E-state index contributed by atoms with van der Waals surface area (Å²) >= 11 is 0. The third kappa shape index (κ3) is 3.60. The van der Waals surface area contributed by atoms with Gasteiger partial charge in [-0.3, -0.25) is 4.68 Å². The predicted octanol–water partition coefficient (Wildman–Crippen LogP) is 4.17. The number of alkyl halides is 3. The highest BCUT2D eigenvalue weighted by atomic mass is 19.4. The molecular formula is C16H19F3N4. The molecule has 0 aliphatic carbocycles. The van der Waals surface area contributed by atoms with Crippen molar-refractivity contribution in [2.45, 2.75) is 25.4 Å². The molecule has 124 valence electrons. The molecule has 0 unspecified atom stereocenters. The summed E-state index contributed by atoms with van der Waals surface area (Å²) in [6.45, 7) is 1.74. The van der Waals surface area contributed by atoms with E-state index in [2.05, 4.69) is 15.3 Å². The number of aromatic nitrogens is 2. The van der Waals surface area contributed by atoms with Crippen LogP contribution in [0.3, 0.4) is 0 Å². The number of nitrogens with one attached hydrogen (secondary N) is 1. The number of rotatable bonds is 3. The van der Waals surface area contributed by atoms with Gasteiger partial charge in [-0.25, -0.2) is 0 Å². The van der Waals surface area contributed by atoms with Crippen molar-refractivity contribution in [3.8, 4) is 0 Å². The predicted molar refractivity (Wildman–Crippen MR) is 84.0 cm³/mol. The highest BCUT2D eigenvalue weighted by Crippen LogP contribution is 2.37. The summed E-state index contributed by atoms with van der Waals surface area (Å²) in [6, 6.07) is 3.89. The second kappa shape index (κ2) is 6.14. The van der Waals surface area contributed by atoms with E-state index < -0.39 is 11.7 Å². The summed E-state index contributed by atoms with van der Waals surface area (Å²) in [5, 5.41) is 7.12. The van der Waals surface area contributed by atoms with Crippen LogP contribution in [0.25, 0.3) is 0 Å². The molecule has 1 saturated heterocycles. The molecule has 0 amide bonds. The van der Waals surface area contributed by atoms with Crippen LogP contribution in [0.15, 0.2) is 30.6 Å². The van der Waals surface area contributed by atoms with Crippen molar-refractivity contribution in [3.05, 3.63) is 36.2 Å². The van der Waals surface area contributed by atoms with Gasteiger partial charge in [0.05, 0.1) is 28.8 Å². The van der Waals surface area contributed by atoms with Gasteiger partial charge in [-0.1, -0.05) is 0 Å². The molecule has 1 aromatic heterocycles. The van der Waals surface area contributed by atoms with Crippen molar-refractivity contribution >= 4 is 17.1 Å². The molecule has 23 heavy (non-hydrogen) atoms. The molecule has 0 radical (unpaired) electrons. The Bertz CT molecular complexity index is 672. The minimum absolute atomic E-state index is 0.467. The van der Waals surface area contributed by atoms with Crippen LogP contribution >= 0.6 is 0 Å². The van der Waals surface area contributed by atoms with Gasteiger partial charge < -0.3 is 10.2 Å². The zero-order valence-electron chi connectivity index (χ0n) is 12.9. The SMILES string of the molecule is Cn1cc(Nc2cc(C(F)(F)F)ccc2N2CCCCC2)cn1. The molecular weight excluding hydrogens is 305 g/mol. The summed E-state index contributed by atoms with van der Waals surface area (Å²) in [6.07, 6.45) is 2.27. The highest BCUT2D eigenvalue weighted by molar-refractivity contribution is 5.76. The lowest BCUT2D eigenvalue weighted by Gasteiger charge is -2.31. The number of hydrogen-bond acceptors (Lipinski definition) is 3. The molecule has 4 nitrogen and oxygen atoms in total. The van der Waals surface area contributed by atoms with Crippen LogP contribution in [0.5, 0.6) is 0 Å². The molecule has 1 aromatic carbocycles.